The molecule has 0 spiro atoms. The van der Waals surface area contributed by atoms with Crippen molar-refractivity contribution in [2.24, 2.45) is 5.92 Å². The van der Waals surface area contributed by atoms with E-state index in [9.17, 15) is 0 Å². The first-order chi connectivity index (χ1) is 11.2. The van der Waals surface area contributed by atoms with E-state index in [4.69, 9.17) is 0 Å². The molecule has 1 fully saturated rings. The molecule has 1 saturated heterocycles. The molecule has 1 atom stereocenters. The van der Waals surface area contributed by atoms with E-state index >= 15 is 0 Å². The van der Waals surface area contributed by atoms with Gasteiger partial charge in [-0.3, -0.25) is 4.68 Å². The second kappa shape index (κ2) is 5.88. The summed E-state index contributed by atoms with van der Waals surface area (Å²) in [6, 6.07) is 0. The Morgan fingerprint density at radius 1 is 1.26 bits per heavy atom. The SMILES string of the molecule is Cc1sc2ncnc(N3CCCC(Cn4cncn4)C3)c2c1C. The molecule has 0 amide bonds. The first-order valence-electron chi connectivity index (χ1n) is 8.00. The van der Waals surface area contributed by atoms with Gasteiger partial charge in [-0.1, -0.05) is 0 Å². The molecule has 0 aromatic carbocycles. The van der Waals surface area contributed by atoms with E-state index in [2.05, 4.69) is 38.8 Å². The lowest BCUT2D eigenvalue weighted by Crippen LogP contribution is -2.37. The molecule has 0 N–H and O–H groups in total. The van der Waals surface area contributed by atoms with E-state index in [0.717, 1.165) is 30.3 Å². The second-order valence-corrected chi connectivity index (χ2v) is 7.44. The van der Waals surface area contributed by atoms with Crippen LogP contribution in [0.25, 0.3) is 10.2 Å². The topological polar surface area (TPSA) is 59.7 Å². The number of rotatable bonds is 3. The molecule has 1 unspecified atom stereocenters. The van der Waals surface area contributed by atoms with Crippen LogP contribution in [0.2, 0.25) is 0 Å². The van der Waals surface area contributed by atoms with E-state index in [-0.39, 0.29) is 0 Å². The molecule has 1 aliphatic heterocycles. The minimum Gasteiger partial charge on any atom is -0.356 e. The van der Waals surface area contributed by atoms with Gasteiger partial charge in [-0.15, -0.1) is 11.3 Å². The molecule has 0 saturated carbocycles. The zero-order chi connectivity index (χ0) is 15.8. The van der Waals surface area contributed by atoms with Crippen LogP contribution in [0.4, 0.5) is 5.82 Å². The maximum absolute atomic E-state index is 4.62. The Balaban J connectivity index is 1.62. The van der Waals surface area contributed by atoms with Crippen LogP contribution in [0.1, 0.15) is 23.3 Å². The molecule has 6 nitrogen and oxygen atoms in total. The van der Waals surface area contributed by atoms with Crippen LogP contribution < -0.4 is 4.90 Å². The van der Waals surface area contributed by atoms with E-state index in [1.165, 1.54) is 28.7 Å². The predicted molar refractivity (Wildman–Crippen MR) is 91.8 cm³/mol. The van der Waals surface area contributed by atoms with Gasteiger partial charge >= 0.3 is 0 Å². The maximum Gasteiger partial charge on any atom is 0.141 e. The fraction of sp³-hybridized carbons (Fsp3) is 0.500. The van der Waals surface area contributed by atoms with Gasteiger partial charge in [0.2, 0.25) is 0 Å². The first-order valence-corrected chi connectivity index (χ1v) is 8.82. The van der Waals surface area contributed by atoms with Crippen LogP contribution in [-0.4, -0.2) is 37.8 Å². The number of aryl methyl sites for hydroxylation is 2. The Morgan fingerprint density at radius 2 is 2.17 bits per heavy atom. The van der Waals surface area contributed by atoms with Gasteiger partial charge < -0.3 is 4.90 Å². The molecule has 23 heavy (non-hydrogen) atoms. The summed E-state index contributed by atoms with van der Waals surface area (Å²) < 4.78 is 1.93. The Labute approximate surface area is 139 Å². The predicted octanol–water partition coefficient (Wildman–Crippen LogP) is 2.82. The molecule has 0 radical (unpaired) electrons. The molecule has 0 aliphatic carbocycles. The first kappa shape index (κ1) is 14.6. The van der Waals surface area contributed by atoms with Gasteiger partial charge in [0, 0.05) is 24.5 Å². The van der Waals surface area contributed by atoms with Gasteiger partial charge in [-0.2, -0.15) is 5.10 Å². The van der Waals surface area contributed by atoms with Crippen LogP contribution in [0.15, 0.2) is 19.0 Å². The van der Waals surface area contributed by atoms with E-state index in [1.54, 1.807) is 30.3 Å². The van der Waals surface area contributed by atoms with Crippen molar-refractivity contribution < 1.29 is 0 Å². The highest BCUT2D eigenvalue weighted by Gasteiger charge is 2.24. The lowest BCUT2D eigenvalue weighted by molar-refractivity contribution is 0.350. The number of piperidine rings is 1. The third-order valence-electron chi connectivity index (χ3n) is 4.68. The van der Waals surface area contributed by atoms with Gasteiger partial charge in [0.15, 0.2) is 0 Å². The van der Waals surface area contributed by atoms with Gasteiger partial charge in [0.1, 0.15) is 29.6 Å². The van der Waals surface area contributed by atoms with Crippen molar-refractivity contribution in [2.45, 2.75) is 33.2 Å². The lowest BCUT2D eigenvalue weighted by atomic mass is 9.97. The number of thiophene rings is 1. The number of aromatic nitrogens is 5. The van der Waals surface area contributed by atoms with Crippen molar-refractivity contribution >= 4 is 27.4 Å². The number of anilines is 1. The van der Waals surface area contributed by atoms with Crippen molar-refractivity contribution in [3.8, 4) is 0 Å². The third-order valence-corrected chi connectivity index (χ3v) is 5.79. The molecule has 4 rings (SSSR count). The summed E-state index contributed by atoms with van der Waals surface area (Å²) in [7, 11) is 0. The van der Waals surface area contributed by atoms with Crippen LogP contribution in [0, 0.1) is 19.8 Å². The lowest BCUT2D eigenvalue weighted by Gasteiger charge is -2.33. The summed E-state index contributed by atoms with van der Waals surface area (Å²) in [5.41, 5.74) is 1.32. The fourth-order valence-corrected chi connectivity index (χ4v) is 4.39. The Morgan fingerprint density at radius 3 is 3.00 bits per heavy atom. The molecular formula is C16H20N6S. The summed E-state index contributed by atoms with van der Waals surface area (Å²) in [6.07, 6.45) is 7.52. The summed E-state index contributed by atoms with van der Waals surface area (Å²) >= 11 is 1.76. The number of nitrogens with zero attached hydrogens (tertiary/aromatic N) is 6. The van der Waals surface area contributed by atoms with E-state index in [1.807, 2.05) is 4.68 Å². The standard InChI is InChI=1S/C16H20N6S/c1-11-12(2)23-16-14(11)15(18-9-19-16)21-5-3-4-13(6-21)7-22-10-17-8-20-22/h8-10,13H,3-7H2,1-2H3. The van der Waals surface area contributed by atoms with Crippen molar-refractivity contribution in [3.63, 3.8) is 0 Å². The molecule has 3 aromatic rings. The normalized spacial score (nSPS) is 18.7. The van der Waals surface area contributed by atoms with Crippen LogP contribution >= 0.6 is 11.3 Å². The average molecular weight is 328 g/mol. The molecular weight excluding hydrogens is 308 g/mol. The van der Waals surface area contributed by atoms with Gasteiger partial charge in [-0.05, 0) is 38.2 Å². The van der Waals surface area contributed by atoms with Crippen molar-refractivity contribution in [2.75, 3.05) is 18.0 Å². The summed E-state index contributed by atoms with van der Waals surface area (Å²) in [5, 5.41) is 5.47. The quantitative estimate of drug-likeness (QED) is 0.740. The molecule has 4 heterocycles. The van der Waals surface area contributed by atoms with Gasteiger partial charge in [0.25, 0.3) is 0 Å². The Bertz CT molecular complexity index is 809. The molecule has 120 valence electrons. The highest BCUT2D eigenvalue weighted by atomic mass is 32.1. The minimum atomic E-state index is 0.579. The van der Waals surface area contributed by atoms with Crippen LogP contribution in [0.5, 0.6) is 0 Å². The van der Waals surface area contributed by atoms with Crippen molar-refractivity contribution in [1.29, 1.82) is 0 Å². The molecule has 7 heteroatoms. The van der Waals surface area contributed by atoms with E-state index < -0.39 is 0 Å². The van der Waals surface area contributed by atoms with Gasteiger partial charge in [0.05, 0.1) is 5.39 Å². The highest BCUT2D eigenvalue weighted by molar-refractivity contribution is 7.18. The van der Waals surface area contributed by atoms with Crippen molar-refractivity contribution in [1.82, 2.24) is 24.7 Å². The number of fused-ring (bicyclic) bond motifs is 1. The fourth-order valence-electron chi connectivity index (χ4n) is 3.40. The third kappa shape index (κ3) is 2.69. The summed E-state index contributed by atoms with van der Waals surface area (Å²) in [5.74, 6) is 1.68. The second-order valence-electron chi connectivity index (χ2n) is 6.23. The highest BCUT2D eigenvalue weighted by Crippen LogP contribution is 2.35. The Kier molecular flexibility index (Phi) is 3.72. The van der Waals surface area contributed by atoms with Crippen LogP contribution in [-0.2, 0) is 6.54 Å². The van der Waals surface area contributed by atoms with Gasteiger partial charge in [-0.25, -0.2) is 15.0 Å². The smallest absolute Gasteiger partial charge is 0.141 e. The largest absolute Gasteiger partial charge is 0.356 e. The zero-order valence-corrected chi connectivity index (χ0v) is 14.3. The molecule has 0 bridgehead atoms. The maximum atomic E-state index is 4.62. The van der Waals surface area contributed by atoms with E-state index in [0.29, 0.717) is 5.92 Å². The average Bonchev–Trinajstić information content (AvgIpc) is 3.16. The Hall–Kier alpha value is -2.02. The molecule has 1 aliphatic rings. The van der Waals surface area contributed by atoms with Crippen LogP contribution in [0.3, 0.4) is 0 Å². The monoisotopic (exact) mass is 328 g/mol. The van der Waals surface area contributed by atoms with Crippen molar-refractivity contribution in [3.05, 3.63) is 29.4 Å². The summed E-state index contributed by atoms with van der Waals surface area (Å²) in [6.45, 7) is 7.34. The number of hydrogen-bond acceptors (Lipinski definition) is 6. The zero-order valence-electron chi connectivity index (χ0n) is 13.4. The minimum absolute atomic E-state index is 0.579. The molecule has 3 aromatic heterocycles. The summed E-state index contributed by atoms with van der Waals surface area (Å²) in [4.78, 5) is 18.0. The number of hydrogen-bond donors (Lipinski definition) is 0.